The molecule has 6 N–H and O–H groups in total. The fraction of sp³-hybridized carbons (Fsp3) is 0.308. The van der Waals surface area contributed by atoms with Crippen molar-refractivity contribution in [3.05, 3.63) is 131 Å². The van der Waals surface area contributed by atoms with Gasteiger partial charge in [0.1, 0.15) is 22.1 Å². The lowest BCUT2D eigenvalue weighted by Crippen LogP contribution is -3.00. The van der Waals surface area contributed by atoms with Crippen molar-refractivity contribution in [1.82, 2.24) is 9.97 Å². The summed E-state index contributed by atoms with van der Waals surface area (Å²) in [5.74, 6) is 0. The molecule has 0 aliphatic carbocycles. The number of nitrogen functional groups attached to an aromatic ring is 2. The van der Waals surface area contributed by atoms with E-state index >= 15 is 0 Å². The molecule has 0 saturated carbocycles. The van der Waals surface area contributed by atoms with Crippen LogP contribution in [0.5, 0.6) is 0 Å². The Morgan fingerprint density at radius 3 is 1.39 bits per heavy atom. The molecule has 62 heavy (non-hydrogen) atoms. The third-order valence-electron chi connectivity index (χ3n) is 12.1. The second-order valence-electron chi connectivity index (χ2n) is 16.6. The zero-order valence-corrected chi connectivity index (χ0v) is 38.1. The summed E-state index contributed by atoms with van der Waals surface area (Å²) < 4.78 is 4.61. The van der Waals surface area contributed by atoms with Gasteiger partial charge in [-0.1, -0.05) is 87.8 Å². The molecule has 8 rings (SSSR count). The van der Waals surface area contributed by atoms with Crippen molar-refractivity contribution in [3.63, 3.8) is 0 Å². The van der Waals surface area contributed by atoms with Gasteiger partial charge in [-0.3, -0.25) is 0 Å². The molecule has 0 aliphatic rings. The van der Waals surface area contributed by atoms with Crippen molar-refractivity contribution in [2.24, 2.45) is 0 Å². The number of nitrogens with zero attached hydrogens (tertiary/aromatic N) is 4. The molecule has 0 unspecified atom stereocenters. The van der Waals surface area contributed by atoms with Gasteiger partial charge in [-0.15, -0.1) is 9.13 Å². The molecule has 0 aliphatic heterocycles. The van der Waals surface area contributed by atoms with Crippen molar-refractivity contribution in [3.8, 4) is 11.4 Å². The number of rotatable bonds is 17. The predicted molar refractivity (Wildman–Crippen MR) is 252 cm³/mol. The maximum atomic E-state index is 6.41. The molecule has 0 saturated heterocycles. The van der Waals surface area contributed by atoms with Crippen molar-refractivity contribution in [1.29, 1.82) is 0 Å². The van der Waals surface area contributed by atoms with E-state index in [1.165, 1.54) is 86.7 Å². The van der Waals surface area contributed by atoms with Crippen molar-refractivity contribution < 1.29 is 33.9 Å². The minimum atomic E-state index is 0. The van der Waals surface area contributed by atoms with E-state index in [0.717, 1.165) is 91.1 Å². The largest absolute Gasteiger partial charge is 1.00 e. The SMILES string of the molecule is Cc1cc2nc3cc(C)c(NCCCCCCCCCCCCNc4ccc5nc6cc(C)c(N)cc6[n+](-c6ccccc6)c5c4C)cc3[n+](-c3ccccc3)c2cc1N.[Cl-].[Cl-]. The molecule has 0 bridgehead atoms. The van der Waals surface area contributed by atoms with E-state index in [1.54, 1.807) is 0 Å². The number of anilines is 4. The summed E-state index contributed by atoms with van der Waals surface area (Å²) in [5.41, 5.74) is 31.5. The molecule has 322 valence electrons. The number of nitrogens with one attached hydrogen (secondary N) is 2. The molecule has 6 aromatic carbocycles. The summed E-state index contributed by atoms with van der Waals surface area (Å²) in [6.07, 6.45) is 12.7. The molecule has 2 aromatic heterocycles. The zero-order chi connectivity index (χ0) is 41.6. The summed E-state index contributed by atoms with van der Waals surface area (Å²) in [6.45, 7) is 10.4. The number of nitrogens with two attached hydrogens (primary N) is 2. The van der Waals surface area contributed by atoms with Crippen LogP contribution in [0.15, 0.2) is 109 Å². The lowest BCUT2D eigenvalue weighted by molar-refractivity contribution is -0.538. The number of unbranched alkanes of at least 4 members (excludes halogenated alkanes) is 9. The number of hydrogen-bond acceptors (Lipinski definition) is 6. The number of benzene rings is 6. The number of fused-ring (bicyclic) bond motifs is 4. The Kier molecular flexibility index (Phi) is 15.5. The van der Waals surface area contributed by atoms with E-state index < -0.39 is 0 Å². The number of para-hydroxylation sites is 2. The Morgan fingerprint density at radius 2 is 0.855 bits per heavy atom. The first-order valence-electron chi connectivity index (χ1n) is 22.0. The van der Waals surface area contributed by atoms with Crippen LogP contribution >= 0.6 is 0 Å². The minimum absolute atomic E-state index is 0. The number of aryl methyl sites for hydroxylation is 4. The second-order valence-corrected chi connectivity index (χ2v) is 16.6. The topological polar surface area (TPSA) is 110 Å². The first kappa shape index (κ1) is 45.8. The Morgan fingerprint density at radius 1 is 0.435 bits per heavy atom. The normalized spacial score (nSPS) is 11.2. The van der Waals surface area contributed by atoms with Crippen LogP contribution in [0.2, 0.25) is 0 Å². The first-order valence-corrected chi connectivity index (χ1v) is 22.0. The summed E-state index contributed by atoms with van der Waals surface area (Å²) >= 11 is 0. The second kappa shape index (κ2) is 20.9. The summed E-state index contributed by atoms with van der Waals surface area (Å²) in [4.78, 5) is 10.1. The van der Waals surface area contributed by atoms with Crippen LogP contribution < -0.4 is 56.0 Å². The van der Waals surface area contributed by atoms with Crippen LogP contribution in [0.1, 0.15) is 86.5 Å². The van der Waals surface area contributed by atoms with E-state index in [9.17, 15) is 0 Å². The monoisotopic (exact) mass is 866 g/mol. The van der Waals surface area contributed by atoms with E-state index in [4.69, 9.17) is 21.4 Å². The predicted octanol–water partition coefficient (Wildman–Crippen LogP) is 5.47. The van der Waals surface area contributed by atoms with Crippen LogP contribution in [0.4, 0.5) is 22.7 Å². The number of hydrogen-bond donors (Lipinski definition) is 4. The summed E-state index contributed by atoms with van der Waals surface area (Å²) in [6, 6.07) is 38.2. The van der Waals surface area contributed by atoms with Crippen LogP contribution in [-0.2, 0) is 0 Å². The van der Waals surface area contributed by atoms with Crippen molar-refractivity contribution in [2.75, 3.05) is 35.2 Å². The summed E-state index contributed by atoms with van der Waals surface area (Å²) in [7, 11) is 0. The Balaban J connectivity index is 0.00000321. The fourth-order valence-electron chi connectivity index (χ4n) is 8.64. The molecule has 0 atom stereocenters. The van der Waals surface area contributed by atoms with Crippen molar-refractivity contribution in [2.45, 2.75) is 91.9 Å². The highest BCUT2D eigenvalue weighted by atomic mass is 35.5. The zero-order valence-electron chi connectivity index (χ0n) is 36.6. The third kappa shape index (κ3) is 9.98. The third-order valence-corrected chi connectivity index (χ3v) is 12.1. The molecule has 0 fully saturated rings. The highest BCUT2D eigenvalue weighted by Gasteiger charge is 2.24. The highest BCUT2D eigenvalue weighted by Crippen LogP contribution is 2.29. The minimum Gasteiger partial charge on any atom is -1.00 e. The molecule has 10 heteroatoms. The van der Waals surface area contributed by atoms with Crippen LogP contribution in [-0.4, -0.2) is 23.1 Å². The van der Waals surface area contributed by atoms with Crippen molar-refractivity contribution >= 4 is 66.9 Å². The van der Waals surface area contributed by atoms with Gasteiger partial charge in [0.25, 0.3) is 0 Å². The Hall–Kier alpha value is -5.70. The van der Waals surface area contributed by atoms with E-state index in [-0.39, 0.29) is 24.8 Å². The molecule has 0 spiro atoms. The fourth-order valence-corrected chi connectivity index (χ4v) is 8.64. The quantitative estimate of drug-likeness (QED) is 0.0419. The van der Waals surface area contributed by atoms with E-state index in [1.807, 2.05) is 13.8 Å². The maximum absolute atomic E-state index is 6.41. The molecule has 0 radical (unpaired) electrons. The average molecular weight is 868 g/mol. The van der Waals surface area contributed by atoms with E-state index in [0.29, 0.717) is 0 Å². The Labute approximate surface area is 379 Å². The van der Waals surface area contributed by atoms with Gasteiger partial charge in [0, 0.05) is 83.9 Å². The van der Waals surface area contributed by atoms with Gasteiger partial charge in [-0.2, -0.15) is 0 Å². The van der Waals surface area contributed by atoms with Gasteiger partial charge >= 0.3 is 0 Å². The first-order chi connectivity index (χ1) is 29.3. The standard InChI is InChI=1S/C52H58N8.2ClH/c1-35-29-46-49(32-41(35)53)59(39-21-15-13-16-22-39)51-34-45(37(3)31-48(51)58-46)56-28-20-12-10-8-6-5-7-9-11-19-27-55-43-25-26-44-52(38(43)4)60(40-23-17-14-18-24-40)50-33-42(54)36(2)30-47(50)57-44;;/h13-18,21-26,29-34H,5-12,19-20,27-28H2,1-4H3,(H4,53,54,55,56);2*1H. The highest BCUT2D eigenvalue weighted by molar-refractivity contribution is 5.89. The average Bonchev–Trinajstić information content (AvgIpc) is 3.25. The van der Waals surface area contributed by atoms with Gasteiger partial charge in [-0.05, 0) is 87.6 Å². The molecule has 2 heterocycles. The van der Waals surface area contributed by atoms with Gasteiger partial charge in [0.2, 0.25) is 33.4 Å². The maximum Gasteiger partial charge on any atom is 0.242 e. The molecular weight excluding hydrogens is 808 g/mol. The number of aromatic nitrogens is 4. The number of halogens is 2. The molecule has 8 aromatic rings. The smallest absolute Gasteiger partial charge is 0.242 e. The van der Waals surface area contributed by atoms with Crippen LogP contribution in [0, 0.1) is 27.7 Å². The van der Waals surface area contributed by atoms with E-state index in [2.05, 4.69) is 143 Å². The van der Waals surface area contributed by atoms with Gasteiger partial charge in [-0.25, -0.2) is 9.97 Å². The van der Waals surface area contributed by atoms with Gasteiger partial charge in [0.05, 0.1) is 0 Å². The Bertz CT molecular complexity index is 2760. The van der Waals surface area contributed by atoms with Crippen LogP contribution in [0.25, 0.3) is 55.5 Å². The van der Waals surface area contributed by atoms with Gasteiger partial charge in [0.15, 0.2) is 0 Å². The van der Waals surface area contributed by atoms with Crippen LogP contribution in [0.3, 0.4) is 0 Å². The lowest BCUT2D eigenvalue weighted by Gasteiger charge is -2.13. The molecular formula is C52H60Cl2N8. The summed E-state index contributed by atoms with van der Waals surface area (Å²) in [5, 5.41) is 7.50. The molecule has 8 nitrogen and oxygen atoms in total. The molecule has 0 amide bonds. The lowest BCUT2D eigenvalue weighted by atomic mass is 10.1. The van der Waals surface area contributed by atoms with Gasteiger partial charge < -0.3 is 46.9 Å².